The zero-order valence-electron chi connectivity index (χ0n) is 10.2. The van der Waals surface area contributed by atoms with Gasteiger partial charge in [-0.3, -0.25) is 0 Å². The van der Waals surface area contributed by atoms with Crippen molar-refractivity contribution in [2.75, 3.05) is 32.8 Å². The summed E-state index contributed by atoms with van der Waals surface area (Å²) >= 11 is 0. The Hall–Kier alpha value is -0.120. The third-order valence-electron chi connectivity index (χ3n) is 2.79. The fourth-order valence-corrected chi connectivity index (χ4v) is 2.16. The Morgan fingerprint density at radius 2 is 2.27 bits per heavy atom. The van der Waals surface area contributed by atoms with Crippen molar-refractivity contribution in [3.05, 3.63) is 0 Å². The summed E-state index contributed by atoms with van der Waals surface area (Å²) in [7, 11) is 0. The molecule has 0 amide bonds. The predicted octanol–water partition coefficient (Wildman–Crippen LogP) is 1.47. The molecule has 0 saturated carbocycles. The number of rotatable bonds is 7. The van der Waals surface area contributed by atoms with Gasteiger partial charge in [0.1, 0.15) is 0 Å². The third-order valence-corrected chi connectivity index (χ3v) is 2.79. The van der Waals surface area contributed by atoms with E-state index in [1.807, 2.05) is 0 Å². The van der Waals surface area contributed by atoms with E-state index >= 15 is 0 Å². The zero-order chi connectivity index (χ0) is 11.1. The van der Waals surface area contributed by atoms with Crippen LogP contribution in [0, 0.1) is 5.92 Å². The van der Waals surface area contributed by atoms with E-state index in [2.05, 4.69) is 18.7 Å². The maximum atomic E-state index is 5.67. The third kappa shape index (κ3) is 5.50. The van der Waals surface area contributed by atoms with E-state index in [4.69, 9.17) is 10.5 Å². The van der Waals surface area contributed by atoms with Crippen LogP contribution in [0.4, 0.5) is 0 Å². The Bertz CT molecular complexity index is 156. The van der Waals surface area contributed by atoms with Crippen LogP contribution in [-0.4, -0.2) is 43.8 Å². The van der Waals surface area contributed by atoms with Gasteiger partial charge in [-0.15, -0.1) is 0 Å². The van der Waals surface area contributed by atoms with Crippen LogP contribution in [0.25, 0.3) is 0 Å². The molecule has 1 fully saturated rings. The van der Waals surface area contributed by atoms with Crippen molar-refractivity contribution in [1.29, 1.82) is 0 Å². The van der Waals surface area contributed by atoms with E-state index in [1.54, 1.807) is 0 Å². The summed E-state index contributed by atoms with van der Waals surface area (Å²) in [4.78, 5) is 2.51. The Morgan fingerprint density at radius 1 is 1.47 bits per heavy atom. The Balaban J connectivity index is 2.26. The zero-order valence-corrected chi connectivity index (χ0v) is 10.2. The van der Waals surface area contributed by atoms with Gasteiger partial charge in [-0.1, -0.05) is 13.8 Å². The van der Waals surface area contributed by atoms with Crippen LogP contribution in [0.1, 0.15) is 33.1 Å². The number of ether oxygens (including phenoxy) is 1. The summed E-state index contributed by atoms with van der Waals surface area (Å²) in [6, 6.07) is 0. The quantitative estimate of drug-likeness (QED) is 0.697. The van der Waals surface area contributed by atoms with Gasteiger partial charge < -0.3 is 15.4 Å². The molecule has 0 bridgehead atoms. The highest BCUT2D eigenvalue weighted by Gasteiger charge is 2.19. The van der Waals surface area contributed by atoms with Gasteiger partial charge in [0.05, 0.1) is 6.10 Å². The molecule has 0 spiro atoms. The van der Waals surface area contributed by atoms with E-state index in [-0.39, 0.29) is 0 Å². The molecular weight excluding hydrogens is 188 g/mol. The molecule has 3 heteroatoms. The summed E-state index contributed by atoms with van der Waals surface area (Å²) < 4.78 is 5.67. The monoisotopic (exact) mass is 214 g/mol. The lowest BCUT2D eigenvalue weighted by atomic mass is 10.1. The predicted molar refractivity (Wildman–Crippen MR) is 63.9 cm³/mol. The average molecular weight is 214 g/mol. The summed E-state index contributed by atoms with van der Waals surface area (Å²) in [6.07, 6.45) is 4.04. The molecular formula is C12H26N2O. The van der Waals surface area contributed by atoms with Crippen molar-refractivity contribution >= 4 is 0 Å². The maximum absolute atomic E-state index is 5.67. The van der Waals surface area contributed by atoms with Crippen LogP contribution >= 0.6 is 0 Å². The van der Waals surface area contributed by atoms with Crippen LogP contribution in [0.3, 0.4) is 0 Å². The first kappa shape index (κ1) is 12.9. The normalized spacial score (nSPS) is 21.8. The second-order valence-corrected chi connectivity index (χ2v) is 4.93. The van der Waals surface area contributed by atoms with Crippen LogP contribution in [0.5, 0.6) is 0 Å². The molecule has 0 aromatic heterocycles. The van der Waals surface area contributed by atoms with Gasteiger partial charge in [0.15, 0.2) is 0 Å². The Morgan fingerprint density at radius 3 is 2.80 bits per heavy atom. The van der Waals surface area contributed by atoms with Crippen molar-refractivity contribution in [2.24, 2.45) is 11.7 Å². The first-order valence-electron chi connectivity index (χ1n) is 6.26. The number of hydrogen-bond acceptors (Lipinski definition) is 3. The Labute approximate surface area is 94.0 Å². The lowest BCUT2D eigenvalue weighted by Gasteiger charge is -2.26. The molecule has 1 aliphatic rings. The topological polar surface area (TPSA) is 38.5 Å². The largest absolute Gasteiger partial charge is 0.377 e. The van der Waals surface area contributed by atoms with Gasteiger partial charge >= 0.3 is 0 Å². The Kier molecular flexibility index (Phi) is 6.22. The van der Waals surface area contributed by atoms with Crippen molar-refractivity contribution in [2.45, 2.75) is 39.2 Å². The highest BCUT2D eigenvalue weighted by Crippen LogP contribution is 2.14. The lowest BCUT2D eigenvalue weighted by Crippen LogP contribution is -2.36. The van der Waals surface area contributed by atoms with E-state index in [0.29, 0.717) is 6.10 Å². The lowest BCUT2D eigenvalue weighted by molar-refractivity contribution is 0.0690. The molecule has 1 atom stereocenters. The molecule has 1 unspecified atom stereocenters. The van der Waals surface area contributed by atoms with Crippen molar-refractivity contribution in [1.82, 2.24) is 4.90 Å². The van der Waals surface area contributed by atoms with Crippen LogP contribution < -0.4 is 5.73 Å². The number of nitrogens with two attached hydrogens (primary N) is 1. The molecule has 1 saturated heterocycles. The second-order valence-electron chi connectivity index (χ2n) is 4.93. The molecule has 15 heavy (non-hydrogen) atoms. The van der Waals surface area contributed by atoms with Crippen LogP contribution in [0.2, 0.25) is 0 Å². The van der Waals surface area contributed by atoms with Gasteiger partial charge in [0.2, 0.25) is 0 Å². The number of nitrogens with zero attached hydrogens (tertiary/aromatic N) is 1. The maximum Gasteiger partial charge on any atom is 0.0702 e. The van der Waals surface area contributed by atoms with Crippen molar-refractivity contribution in [3.8, 4) is 0 Å². The SMILES string of the molecule is CC(C)CN(CCCN)CC1CCCO1. The first-order chi connectivity index (χ1) is 7.22. The van der Waals surface area contributed by atoms with Gasteiger partial charge in [-0.05, 0) is 38.3 Å². The minimum atomic E-state index is 0.474. The summed E-state index contributed by atoms with van der Waals surface area (Å²) in [6.45, 7) is 9.67. The van der Waals surface area contributed by atoms with Crippen LogP contribution in [-0.2, 0) is 4.74 Å². The van der Waals surface area contributed by atoms with Crippen LogP contribution in [0.15, 0.2) is 0 Å². The van der Waals surface area contributed by atoms with E-state index in [9.17, 15) is 0 Å². The van der Waals surface area contributed by atoms with E-state index in [0.717, 1.165) is 38.6 Å². The molecule has 0 radical (unpaired) electrons. The van der Waals surface area contributed by atoms with Gasteiger partial charge in [-0.2, -0.15) is 0 Å². The summed E-state index contributed by atoms with van der Waals surface area (Å²) in [5.74, 6) is 0.726. The highest BCUT2D eigenvalue weighted by atomic mass is 16.5. The molecule has 1 rings (SSSR count). The summed E-state index contributed by atoms with van der Waals surface area (Å²) in [5.41, 5.74) is 5.56. The molecule has 3 nitrogen and oxygen atoms in total. The molecule has 1 aliphatic heterocycles. The van der Waals surface area contributed by atoms with Gasteiger partial charge in [0.25, 0.3) is 0 Å². The van der Waals surface area contributed by atoms with Gasteiger partial charge in [0, 0.05) is 19.7 Å². The fraction of sp³-hybridized carbons (Fsp3) is 1.00. The van der Waals surface area contributed by atoms with Crippen molar-refractivity contribution < 1.29 is 4.74 Å². The van der Waals surface area contributed by atoms with Gasteiger partial charge in [-0.25, -0.2) is 0 Å². The first-order valence-corrected chi connectivity index (χ1v) is 6.26. The second kappa shape index (κ2) is 7.20. The minimum Gasteiger partial charge on any atom is -0.377 e. The number of hydrogen-bond donors (Lipinski definition) is 1. The molecule has 0 aliphatic carbocycles. The molecule has 0 aromatic rings. The van der Waals surface area contributed by atoms with E-state index in [1.165, 1.54) is 19.4 Å². The minimum absolute atomic E-state index is 0.474. The molecule has 2 N–H and O–H groups in total. The smallest absolute Gasteiger partial charge is 0.0702 e. The fourth-order valence-electron chi connectivity index (χ4n) is 2.16. The van der Waals surface area contributed by atoms with Crippen molar-refractivity contribution in [3.63, 3.8) is 0 Å². The molecule has 1 heterocycles. The summed E-state index contributed by atoms with van der Waals surface area (Å²) in [5, 5.41) is 0. The molecule has 90 valence electrons. The highest BCUT2D eigenvalue weighted by molar-refractivity contribution is 4.71. The average Bonchev–Trinajstić information content (AvgIpc) is 2.66. The molecule has 0 aromatic carbocycles. The standard InChI is InChI=1S/C12H26N2O/c1-11(2)9-14(7-4-6-13)10-12-5-3-8-15-12/h11-12H,3-10,13H2,1-2H3. The van der Waals surface area contributed by atoms with E-state index < -0.39 is 0 Å².